The zero-order chi connectivity index (χ0) is 12.0. The lowest BCUT2D eigenvalue weighted by Crippen LogP contribution is -2.23. The Balaban J connectivity index is 2.57. The molecule has 0 aliphatic heterocycles. The smallest absolute Gasteiger partial charge is 0.184 e. The van der Waals surface area contributed by atoms with Gasteiger partial charge in [-0.15, -0.1) is 0 Å². The number of rotatable bonds is 4. The van der Waals surface area contributed by atoms with Crippen molar-refractivity contribution in [2.24, 2.45) is 16.8 Å². The van der Waals surface area contributed by atoms with Crippen molar-refractivity contribution < 1.29 is 0 Å². The summed E-state index contributed by atoms with van der Waals surface area (Å²) in [5, 5.41) is 4.06. The van der Waals surface area contributed by atoms with Crippen LogP contribution in [0.3, 0.4) is 0 Å². The molecule has 0 aromatic heterocycles. The van der Waals surface area contributed by atoms with Gasteiger partial charge >= 0.3 is 0 Å². The van der Waals surface area contributed by atoms with Crippen LogP contribution in [0.15, 0.2) is 29.4 Å². The molecule has 3 nitrogen and oxygen atoms in total. The summed E-state index contributed by atoms with van der Waals surface area (Å²) >= 11 is 4.63. The molecule has 1 aromatic carbocycles. The highest BCUT2D eigenvalue weighted by atomic mass is 32.1. The molecule has 0 amide bonds. The van der Waals surface area contributed by atoms with E-state index >= 15 is 0 Å². The van der Waals surface area contributed by atoms with E-state index in [1.54, 1.807) is 6.21 Å². The van der Waals surface area contributed by atoms with Crippen molar-refractivity contribution in [1.82, 2.24) is 5.43 Å². The van der Waals surface area contributed by atoms with E-state index in [0.29, 0.717) is 5.92 Å². The van der Waals surface area contributed by atoms with Gasteiger partial charge in [0, 0.05) is 0 Å². The SMILES string of the molecule is CC(C)Cc1ccc(/C=N/NC(N)=S)cc1. The van der Waals surface area contributed by atoms with E-state index in [1.165, 1.54) is 5.56 Å². The van der Waals surface area contributed by atoms with Crippen LogP contribution in [0.1, 0.15) is 25.0 Å². The van der Waals surface area contributed by atoms with Crippen LogP contribution < -0.4 is 11.2 Å². The first-order chi connectivity index (χ1) is 7.58. The molecule has 0 fully saturated rings. The van der Waals surface area contributed by atoms with Crippen molar-refractivity contribution in [1.29, 1.82) is 0 Å². The molecule has 0 aliphatic rings. The molecular weight excluding hydrogens is 218 g/mol. The lowest BCUT2D eigenvalue weighted by molar-refractivity contribution is 0.647. The van der Waals surface area contributed by atoms with Gasteiger partial charge in [0.2, 0.25) is 0 Å². The summed E-state index contributed by atoms with van der Waals surface area (Å²) in [7, 11) is 0. The standard InChI is InChI=1S/C12H17N3S/c1-9(2)7-10-3-5-11(6-4-10)8-14-15-12(13)16/h3-6,8-9H,7H2,1-2H3,(H3,13,15,16)/b14-8+. The van der Waals surface area contributed by atoms with Crippen LogP contribution in [0.4, 0.5) is 0 Å². The summed E-state index contributed by atoms with van der Waals surface area (Å²) in [6, 6.07) is 8.29. The Hall–Kier alpha value is -1.42. The van der Waals surface area contributed by atoms with E-state index in [9.17, 15) is 0 Å². The van der Waals surface area contributed by atoms with Crippen LogP contribution >= 0.6 is 12.2 Å². The van der Waals surface area contributed by atoms with Gasteiger partial charge in [-0.3, -0.25) is 5.43 Å². The molecule has 16 heavy (non-hydrogen) atoms. The first kappa shape index (κ1) is 12.6. The molecule has 1 rings (SSSR count). The molecule has 0 saturated heterocycles. The fraction of sp³-hybridized carbons (Fsp3) is 0.333. The highest BCUT2D eigenvalue weighted by Crippen LogP contribution is 2.08. The minimum atomic E-state index is 0.174. The molecule has 86 valence electrons. The normalized spacial score (nSPS) is 10.9. The van der Waals surface area contributed by atoms with Crippen molar-refractivity contribution in [3.8, 4) is 0 Å². The van der Waals surface area contributed by atoms with E-state index < -0.39 is 0 Å². The van der Waals surface area contributed by atoms with Crippen LogP contribution in [0.5, 0.6) is 0 Å². The Morgan fingerprint density at radius 1 is 1.44 bits per heavy atom. The third-order valence-corrected chi connectivity index (χ3v) is 2.10. The Morgan fingerprint density at radius 2 is 2.06 bits per heavy atom. The van der Waals surface area contributed by atoms with Crippen molar-refractivity contribution in [2.45, 2.75) is 20.3 Å². The molecule has 0 bridgehead atoms. The van der Waals surface area contributed by atoms with Crippen LogP contribution in [0, 0.1) is 5.92 Å². The second kappa shape index (κ2) is 6.23. The molecule has 0 heterocycles. The quantitative estimate of drug-likeness (QED) is 0.477. The second-order valence-corrected chi connectivity index (χ2v) is 4.51. The Kier molecular flexibility index (Phi) is 4.92. The highest BCUT2D eigenvalue weighted by Gasteiger charge is 1.96. The van der Waals surface area contributed by atoms with E-state index in [2.05, 4.69) is 48.7 Å². The average Bonchev–Trinajstić information content (AvgIpc) is 2.19. The van der Waals surface area contributed by atoms with Gasteiger partial charge < -0.3 is 5.73 Å². The molecular formula is C12H17N3S. The van der Waals surface area contributed by atoms with Crippen molar-refractivity contribution in [2.75, 3.05) is 0 Å². The van der Waals surface area contributed by atoms with Crippen LogP contribution in [-0.2, 0) is 6.42 Å². The van der Waals surface area contributed by atoms with E-state index in [0.717, 1.165) is 12.0 Å². The summed E-state index contributed by atoms with van der Waals surface area (Å²) in [5.74, 6) is 0.677. The van der Waals surface area contributed by atoms with Gasteiger partial charge in [-0.05, 0) is 35.7 Å². The van der Waals surface area contributed by atoms with Crippen LogP contribution in [-0.4, -0.2) is 11.3 Å². The molecule has 3 N–H and O–H groups in total. The lowest BCUT2D eigenvalue weighted by Gasteiger charge is -2.04. The number of benzene rings is 1. The van der Waals surface area contributed by atoms with Gasteiger partial charge in [-0.25, -0.2) is 0 Å². The van der Waals surface area contributed by atoms with Gasteiger partial charge in [0.25, 0.3) is 0 Å². The maximum absolute atomic E-state index is 5.24. The van der Waals surface area contributed by atoms with Crippen LogP contribution in [0.2, 0.25) is 0 Å². The number of thiocarbonyl (C=S) groups is 1. The number of hydrogen-bond acceptors (Lipinski definition) is 2. The summed E-state index contributed by atoms with van der Waals surface area (Å²) in [6.07, 6.45) is 2.79. The van der Waals surface area contributed by atoms with Gasteiger partial charge in [0.15, 0.2) is 5.11 Å². The zero-order valence-corrected chi connectivity index (χ0v) is 10.4. The minimum Gasteiger partial charge on any atom is -0.375 e. The number of hydrazone groups is 1. The average molecular weight is 235 g/mol. The lowest BCUT2D eigenvalue weighted by atomic mass is 10.0. The fourth-order valence-corrected chi connectivity index (χ4v) is 1.43. The van der Waals surface area contributed by atoms with E-state index in [-0.39, 0.29) is 5.11 Å². The van der Waals surface area contributed by atoms with Gasteiger partial charge in [-0.1, -0.05) is 38.1 Å². The summed E-state index contributed by atoms with van der Waals surface area (Å²) in [5.41, 5.74) is 10.1. The Labute approximate surface area is 102 Å². The van der Waals surface area contributed by atoms with Gasteiger partial charge in [0.05, 0.1) is 6.21 Å². The minimum absolute atomic E-state index is 0.174. The summed E-state index contributed by atoms with van der Waals surface area (Å²) < 4.78 is 0. The third kappa shape index (κ3) is 4.89. The largest absolute Gasteiger partial charge is 0.375 e. The molecule has 0 atom stereocenters. The first-order valence-corrected chi connectivity index (χ1v) is 5.66. The number of nitrogens with zero attached hydrogens (tertiary/aromatic N) is 1. The molecule has 0 saturated carbocycles. The van der Waals surface area contributed by atoms with Gasteiger partial charge in [-0.2, -0.15) is 5.10 Å². The zero-order valence-electron chi connectivity index (χ0n) is 9.60. The molecule has 0 aliphatic carbocycles. The molecule has 0 radical (unpaired) electrons. The number of nitrogens with one attached hydrogen (secondary N) is 1. The third-order valence-electron chi connectivity index (χ3n) is 2.01. The predicted molar refractivity (Wildman–Crippen MR) is 72.5 cm³/mol. The fourth-order valence-electron chi connectivity index (χ4n) is 1.38. The molecule has 4 heteroatoms. The van der Waals surface area contributed by atoms with Crippen LogP contribution in [0.25, 0.3) is 0 Å². The van der Waals surface area contributed by atoms with Gasteiger partial charge in [0.1, 0.15) is 0 Å². The predicted octanol–water partition coefficient (Wildman–Crippen LogP) is 2.05. The Morgan fingerprint density at radius 3 is 2.56 bits per heavy atom. The maximum atomic E-state index is 5.24. The topological polar surface area (TPSA) is 50.4 Å². The molecule has 1 aromatic rings. The molecule has 0 unspecified atom stereocenters. The van der Waals surface area contributed by atoms with Crippen molar-refractivity contribution in [3.05, 3.63) is 35.4 Å². The van der Waals surface area contributed by atoms with Crippen molar-refractivity contribution >= 4 is 23.5 Å². The highest BCUT2D eigenvalue weighted by molar-refractivity contribution is 7.80. The maximum Gasteiger partial charge on any atom is 0.184 e. The van der Waals surface area contributed by atoms with E-state index in [1.807, 2.05) is 12.1 Å². The number of hydrogen-bond donors (Lipinski definition) is 2. The number of nitrogens with two attached hydrogens (primary N) is 1. The first-order valence-electron chi connectivity index (χ1n) is 5.25. The van der Waals surface area contributed by atoms with E-state index in [4.69, 9.17) is 5.73 Å². The van der Waals surface area contributed by atoms with Crippen molar-refractivity contribution in [3.63, 3.8) is 0 Å². The summed E-state index contributed by atoms with van der Waals surface area (Å²) in [6.45, 7) is 4.42. The second-order valence-electron chi connectivity index (χ2n) is 4.07. The Bertz CT molecular complexity index is 368. The summed E-state index contributed by atoms with van der Waals surface area (Å²) in [4.78, 5) is 0. The molecule has 0 spiro atoms. The monoisotopic (exact) mass is 235 g/mol.